The van der Waals surface area contributed by atoms with E-state index in [2.05, 4.69) is 29.8 Å². The lowest BCUT2D eigenvalue weighted by atomic mass is 9.92. The van der Waals surface area contributed by atoms with E-state index in [1.807, 2.05) is 48.9 Å². The third-order valence-corrected chi connectivity index (χ3v) is 5.35. The van der Waals surface area contributed by atoms with Crippen LogP contribution in [0.2, 0.25) is 0 Å². The SMILES string of the molecule is [2H]C([2H])([2H])c1cc(C)c(-c2cc(C)cc[n+]2C)c2c1-n1c(nc3ccccc31)C2. The topological polar surface area (TPSA) is 21.7 Å². The summed E-state index contributed by atoms with van der Waals surface area (Å²) in [6.07, 6.45) is 2.68. The van der Waals surface area contributed by atoms with Crippen molar-refractivity contribution in [3.05, 3.63) is 76.7 Å². The van der Waals surface area contributed by atoms with Crippen LogP contribution in [0.5, 0.6) is 0 Å². The lowest BCUT2D eigenvalue weighted by Gasteiger charge is -2.15. The minimum absolute atomic E-state index is 0.394. The Morgan fingerprint density at radius 2 is 1.96 bits per heavy atom. The highest BCUT2D eigenvalue weighted by atomic mass is 15.1. The molecule has 0 saturated carbocycles. The molecule has 0 aliphatic carbocycles. The highest BCUT2D eigenvalue weighted by Crippen LogP contribution is 2.40. The maximum Gasteiger partial charge on any atom is 0.213 e. The molecular formula is C23H22N3+. The monoisotopic (exact) mass is 343 g/mol. The smallest absolute Gasteiger partial charge is 0.213 e. The van der Waals surface area contributed by atoms with Crippen LogP contribution >= 0.6 is 0 Å². The van der Waals surface area contributed by atoms with E-state index in [-0.39, 0.29) is 0 Å². The van der Waals surface area contributed by atoms with E-state index in [1.54, 1.807) is 0 Å². The molecule has 0 atom stereocenters. The molecule has 3 heterocycles. The van der Waals surface area contributed by atoms with Crippen LogP contribution in [-0.2, 0) is 13.5 Å². The van der Waals surface area contributed by atoms with Gasteiger partial charge in [0.25, 0.3) is 0 Å². The van der Waals surface area contributed by atoms with Gasteiger partial charge in [-0.15, -0.1) is 0 Å². The number of para-hydroxylation sites is 2. The van der Waals surface area contributed by atoms with Crippen LogP contribution in [0.25, 0.3) is 28.0 Å². The van der Waals surface area contributed by atoms with Gasteiger partial charge in [0, 0.05) is 22.7 Å². The predicted molar refractivity (Wildman–Crippen MR) is 105 cm³/mol. The summed E-state index contributed by atoms with van der Waals surface area (Å²) in [7, 11) is 2.03. The summed E-state index contributed by atoms with van der Waals surface area (Å²) < 4.78 is 28.7. The number of hydrogen-bond donors (Lipinski definition) is 0. The molecule has 3 heteroatoms. The van der Waals surface area contributed by atoms with Crippen molar-refractivity contribution < 1.29 is 8.68 Å². The largest absolute Gasteiger partial charge is 0.295 e. The summed E-state index contributed by atoms with van der Waals surface area (Å²) in [5.41, 5.74) is 8.41. The Balaban J connectivity index is 1.91. The summed E-state index contributed by atoms with van der Waals surface area (Å²) >= 11 is 0. The summed E-state index contributed by atoms with van der Waals surface area (Å²) in [6, 6.07) is 14.0. The fraction of sp³-hybridized carbons (Fsp3) is 0.217. The second-order valence-electron chi connectivity index (χ2n) is 7.17. The van der Waals surface area contributed by atoms with Crippen LogP contribution in [-0.4, -0.2) is 9.55 Å². The number of aromatic nitrogens is 3. The van der Waals surface area contributed by atoms with Gasteiger partial charge in [0.1, 0.15) is 12.9 Å². The van der Waals surface area contributed by atoms with Crippen molar-refractivity contribution in [1.82, 2.24) is 9.55 Å². The molecule has 1 aliphatic heterocycles. The number of aryl methyl sites for hydroxylation is 4. The normalized spacial score (nSPS) is 14.7. The Kier molecular flexibility index (Phi) is 2.52. The minimum atomic E-state index is -2.20. The average Bonchev–Trinajstić information content (AvgIpc) is 3.18. The van der Waals surface area contributed by atoms with Crippen molar-refractivity contribution >= 4 is 11.0 Å². The predicted octanol–water partition coefficient (Wildman–Crippen LogP) is 4.35. The van der Waals surface area contributed by atoms with Gasteiger partial charge in [-0.2, -0.15) is 0 Å². The van der Waals surface area contributed by atoms with Gasteiger partial charge in [-0.25, -0.2) is 9.55 Å². The molecule has 2 aromatic carbocycles. The Labute approximate surface area is 157 Å². The van der Waals surface area contributed by atoms with Crippen molar-refractivity contribution in [1.29, 1.82) is 0 Å². The zero-order valence-corrected chi connectivity index (χ0v) is 15.2. The Bertz CT molecular complexity index is 1300. The summed E-state index contributed by atoms with van der Waals surface area (Å²) in [5, 5.41) is 0. The van der Waals surface area contributed by atoms with E-state index in [1.165, 1.54) is 5.56 Å². The van der Waals surface area contributed by atoms with Gasteiger partial charge in [0.05, 0.1) is 22.3 Å². The number of imidazole rings is 1. The maximum absolute atomic E-state index is 8.19. The highest BCUT2D eigenvalue weighted by molar-refractivity contribution is 5.84. The standard InChI is InChI=1S/C23H22N3/c1-14-9-10-25(4)20(11-14)22-15(2)12-16(3)23-17(22)13-21-24-18-7-5-6-8-19(18)26(21)23/h5-12H,13H2,1-4H3/q+1/i3D3. The van der Waals surface area contributed by atoms with E-state index in [0.29, 0.717) is 12.0 Å². The second kappa shape index (κ2) is 5.28. The first-order chi connectivity index (χ1) is 13.8. The molecular weight excluding hydrogens is 318 g/mol. The number of rotatable bonds is 1. The van der Waals surface area contributed by atoms with E-state index in [9.17, 15) is 0 Å². The first kappa shape index (κ1) is 12.4. The maximum atomic E-state index is 8.19. The lowest BCUT2D eigenvalue weighted by Crippen LogP contribution is -2.31. The molecule has 128 valence electrons. The van der Waals surface area contributed by atoms with E-state index in [4.69, 9.17) is 9.10 Å². The van der Waals surface area contributed by atoms with Gasteiger partial charge in [-0.05, 0) is 55.1 Å². The number of fused-ring (bicyclic) bond motifs is 5. The zero-order chi connectivity index (χ0) is 20.5. The Morgan fingerprint density at radius 3 is 2.81 bits per heavy atom. The molecule has 5 rings (SSSR count). The zero-order valence-electron chi connectivity index (χ0n) is 18.2. The molecule has 0 N–H and O–H groups in total. The fourth-order valence-electron chi connectivity index (χ4n) is 4.19. The van der Waals surface area contributed by atoms with Gasteiger partial charge < -0.3 is 0 Å². The van der Waals surface area contributed by atoms with Gasteiger partial charge in [0.2, 0.25) is 5.69 Å². The fourth-order valence-corrected chi connectivity index (χ4v) is 4.19. The van der Waals surface area contributed by atoms with Crippen molar-refractivity contribution in [3.8, 4) is 16.9 Å². The van der Waals surface area contributed by atoms with Crippen molar-refractivity contribution in [3.63, 3.8) is 0 Å². The third-order valence-electron chi connectivity index (χ3n) is 5.35. The van der Waals surface area contributed by atoms with Crippen LogP contribution in [0.1, 0.15) is 32.2 Å². The van der Waals surface area contributed by atoms with Crippen molar-refractivity contribution in [2.45, 2.75) is 27.1 Å². The Morgan fingerprint density at radius 1 is 1.12 bits per heavy atom. The quantitative estimate of drug-likeness (QED) is 0.415. The number of hydrogen-bond acceptors (Lipinski definition) is 1. The van der Waals surface area contributed by atoms with Gasteiger partial charge in [0.15, 0.2) is 6.20 Å². The van der Waals surface area contributed by atoms with E-state index < -0.39 is 6.85 Å². The van der Waals surface area contributed by atoms with E-state index in [0.717, 1.165) is 44.9 Å². The molecule has 0 amide bonds. The van der Waals surface area contributed by atoms with Crippen LogP contribution < -0.4 is 4.57 Å². The average molecular weight is 343 g/mol. The summed E-state index contributed by atoms with van der Waals surface area (Å²) in [6.45, 7) is 1.88. The molecule has 4 aromatic rings. The second-order valence-corrected chi connectivity index (χ2v) is 7.17. The molecule has 0 bridgehead atoms. The summed E-state index contributed by atoms with van der Waals surface area (Å²) in [5.74, 6) is 0.897. The molecule has 0 unspecified atom stereocenters. The minimum Gasteiger partial charge on any atom is -0.295 e. The molecule has 1 aliphatic rings. The molecule has 2 aromatic heterocycles. The third kappa shape index (κ3) is 2.00. The number of pyridine rings is 1. The highest BCUT2D eigenvalue weighted by Gasteiger charge is 2.30. The first-order valence-electron chi connectivity index (χ1n) is 10.4. The van der Waals surface area contributed by atoms with Gasteiger partial charge >= 0.3 is 0 Å². The lowest BCUT2D eigenvalue weighted by molar-refractivity contribution is -0.660. The van der Waals surface area contributed by atoms with Crippen molar-refractivity contribution in [2.24, 2.45) is 7.05 Å². The first-order valence-corrected chi connectivity index (χ1v) is 8.86. The summed E-state index contributed by atoms with van der Waals surface area (Å²) in [4.78, 5) is 4.81. The molecule has 0 radical (unpaired) electrons. The van der Waals surface area contributed by atoms with Gasteiger partial charge in [-0.3, -0.25) is 4.57 Å². The number of nitrogens with zero attached hydrogens (tertiary/aromatic N) is 3. The molecule has 0 saturated heterocycles. The van der Waals surface area contributed by atoms with Crippen molar-refractivity contribution in [2.75, 3.05) is 0 Å². The molecule has 26 heavy (non-hydrogen) atoms. The van der Waals surface area contributed by atoms with E-state index >= 15 is 0 Å². The van der Waals surface area contributed by atoms with Crippen LogP contribution in [0.15, 0.2) is 48.7 Å². The van der Waals surface area contributed by atoms with Crippen LogP contribution in [0.4, 0.5) is 0 Å². The molecule has 0 spiro atoms. The Hall–Kier alpha value is -2.94. The molecule has 0 fully saturated rings. The van der Waals surface area contributed by atoms with Gasteiger partial charge in [-0.1, -0.05) is 18.2 Å². The number of benzene rings is 2. The molecule has 3 nitrogen and oxygen atoms in total. The van der Waals surface area contributed by atoms with Crippen LogP contribution in [0, 0.1) is 20.7 Å². The van der Waals surface area contributed by atoms with Crippen LogP contribution in [0.3, 0.4) is 0 Å².